The van der Waals surface area contributed by atoms with E-state index in [2.05, 4.69) is 21.2 Å². The Morgan fingerprint density at radius 3 is 2.81 bits per heavy atom. The molecule has 0 bridgehead atoms. The van der Waals surface area contributed by atoms with E-state index in [9.17, 15) is 9.59 Å². The lowest BCUT2D eigenvalue weighted by Gasteiger charge is -2.03. The molecule has 0 saturated heterocycles. The number of nitrogens with zero attached hydrogens (tertiary/aromatic N) is 2. The molecule has 0 spiro atoms. The highest BCUT2D eigenvalue weighted by Crippen LogP contribution is 2.15. The summed E-state index contributed by atoms with van der Waals surface area (Å²) in [6.45, 7) is -0.0982. The SMILES string of the molecule is N#CCNC(=O)Cn1cc(C(=O)O)cc1Br. The van der Waals surface area contributed by atoms with E-state index in [1.54, 1.807) is 6.07 Å². The van der Waals surface area contributed by atoms with Crippen LogP contribution >= 0.6 is 15.9 Å². The molecule has 0 radical (unpaired) electrons. The molecule has 0 aliphatic rings. The van der Waals surface area contributed by atoms with E-state index in [0.29, 0.717) is 4.60 Å². The van der Waals surface area contributed by atoms with Crippen molar-refractivity contribution < 1.29 is 14.7 Å². The van der Waals surface area contributed by atoms with Gasteiger partial charge in [-0.05, 0) is 22.0 Å². The molecule has 0 aromatic carbocycles. The van der Waals surface area contributed by atoms with Crippen molar-refractivity contribution in [3.05, 3.63) is 22.4 Å². The smallest absolute Gasteiger partial charge is 0.337 e. The number of hydrogen-bond acceptors (Lipinski definition) is 3. The van der Waals surface area contributed by atoms with Crippen LogP contribution in [0.1, 0.15) is 10.4 Å². The number of hydrogen-bond donors (Lipinski definition) is 2. The van der Waals surface area contributed by atoms with Gasteiger partial charge in [0.05, 0.1) is 16.2 Å². The highest BCUT2D eigenvalue weighted by molar-refractivity contribution is 9.10. The number of aromatic carboxylic acids is 1. The molecule has 7 heteroatoms. The monoisotopic (exact) mass is 285 g/mol. The van der Waals surface area contributed by atoms with Crippen LogP contribution in [-0.2, 0) is 11.3 Å². The average Bonchev–Trinajstić information content (AvgIpc) is 2.57. The Morgan fingerprint density at radius 1 is 1.62 bits per heavy atom. The lowest BCUT2D eigenvalue weighted by atomic mass is 10.4. The van der Waals surface area contributed by atoms with E-state index in [1.165, 1.54) is 16.8 Å². The molecule has 0 unspecified atom stereocenters. The topological polar surface area (TPSA) is 95.1 Å². The number of halogens is 1. The zero-order chi connectivity index (χ0) is 12.1. The quantitative estimate of drug-likeness (QED) is 0.792. The Labute approximate surface area is 99.6 Å². The molecule has 84 valence electrons. The van der Waals surface area contributed by atoms with Crippen LogP contribution < -0.4 is 5.32 Å². The molecule has 16 heavy (non-hydrogen) atoms. The van der Waals surface area contributed by atoms with Crippen LogP contribution in [0, 0.1) is 11.3 Å². The zero-order valence-corrected chi connectivity index (χ0v) is 9.69. The molecule has 1 aromatic rings. The van der Waals surface area contributed by atoms with Crippen molar-refractivity contribution in [3.8, 4) is 6.07 Å². The fourth-order valence-electron chi connectivity index (χ4n) is 1.06. The molecule has 1 amide bonds. The number of nitriles is 1. The third kappa shape index (κ3) is 3.10. The van der Waals surface area contributed by atoms with Crippen molar-refractivity contribution in [2.45, 2.75) is 6.54 Å². The second-order valence-corrected chi connectivity index (χ2v) is 3.73. The number of carbonyl (C=O) groups is 2. The first-order valence-electron chi connectivity index (χ1n) is 4.27. The summed E-state index contributed by atoms with van der Waals surface area (Å²) in [6, 6.07) is 3.18. The van der Waals surface area contributed by atoms with Gasteiger partial charge in [0.25, 0.3) is 0 Å². The normalized spacial score (nSPS) is 9.50. The van der Waals surface area contributed by atoms with Gasteiger partial charge in [0.2, 0.25) is 5.91 Å². The maximum Gasteiger partial charge on any atom is 0.337 e. The van der Waals surface area contributed by atoms with E-state index >= 15 is 0 Å². The number of carboxylic acid groups (broad SMARTS) is 1. The van der Waals surface area contributed by atoms with Crippen LogP contribution in [0.5, 0.6) is 0 Å². The second kappa shape index (κ2) is 5.32. The summed E-state index contributed by atoms with van der Waals surface area (Å²) in [7, 11) is 0. The van der Waals surface area contributed by atoms with E-state index in [4.69, 9.17) is 10.4 Å². The summed E-state index contributed by atoms with van der Waals surface area (Å²) in [5, 5.41) is 19.3. The van der Waals surface area contributed by atoms with Crippen molar-refractivity contribution in [1.82, 2.24) is 9.88 Å². The number of carboxylic acids is 1. The van der Waals surface area contributed by atoms with Crippen LogP contribution in [0.3, 0.4) is 0 Å². The molecule has 0 fully saturated rings. The Morgan fingerprint density at radius 2 is 2.31 bits per heavy atom. The number of carbonyl (C=O) groups excluding carboxylic acids is 1. The van der Waals surface area contributed by atoms with Crippen LogP contribution in [0.4, 0.5) is 0 Å². The zero-order valence-electron chi connectivity index (χ0n) is 8.11. The van der Waals surface area contributed by atoms with Gasteiger partial charge in [0.15, 0.2) is 0 Å². The van der Waals surface area contributed by atoms with Gasteiger partial charge in [-0.25, -0.2) is 4.79 Å². The number of aromatic nitrogens is 1. The first-order chi connectivity index (χ1) is 7.54. The Hall–Kier alpha value is -1.81. The first kappa shape index (κ1) is 12.3. The molecule has 0 aliphatic heterocycles. The van der Waals surface area contributed by atoms with Gasteiger partial charge < -0.3 is 15.0 Å². The molecule has 0 atom stereocenters. The Bertz CT molecular complexity index is 461. The molecular formula is C9H8BrN3O3. The van der Waals surface area contributed by atoms with Gasteiger partial charge in [-0.2, -0.15) is 5.26 Å². The van der Waals surface area contributed by atoms with Crippen LogP contribution in [0.25, 0.3) is 0 Å². The summed E-state index contributed by atoms with van der Waals surface area (Å²) in [5.41, 5.74) is 0.0972. The first-order valence-corrected chi connectivity index (χ1v) is 5.06. The molecule has 1 aromatic heterocycles. The minimum Gasteiger partial charge on any atom is -0.478 e. The fraction of sp³-hybridized carbons (Fsp3) is 0.222. The molecular weight excluding hydrogens is 278 g/mol. The van der Waals surface area contributed by atoms with Crippen molar-refractivity contribution >= 4 is 27.8 Å². The van der Waals surface area contributed by atoms with E-state index in [1.807, 2.05) is 0 Å². The molecule has 6 nitrogen and oxygen atoms in total. The summed E-state index contributed by atoms with van der Waals surface area (Å²) < 4.78 is 1.94. The van der Waals surface area contributed by atoms with Gasteiger partial charge in [0, 0.05) is 6.20 Å². The fourth-order valence-corrected chi connectivity index (χ4v) is 1.54. The van der Waals surface area contributed by atoms with Gasteiger partial charge in [-0.1, -0.05) is 0 Å². The summed E-state index contributed by atoms with van der Waals surface area (Å²) in [4.78, 5) is 21.9. The second-order valence-electron chi connectivity index (χ2n) is 2.92. The third-order valence-corrected chi connectivity index (χ3v) is 2.45. The minimum absolute atomic E-state index is 0.0322. The van der Waals surface area contributed by atoms with E-state index < -0.39 is 5.97 Å². The third-order valence-electron chi connectivity index (χ3n) is 1.77. The average molecular weight is 286 g/mol. The predicted molar refractivity (Wildman–Crippen MR) is 57.7 cm³/mol. The highest BCUT2D eigenvalue weighted by atomic mass is 79.9. The van der Waals surface area contributed by atoms with Gasteiger partial charge in [0.1, 0.15) is 13.1 Å². The molecule has 1 heterocycles. The van der Waals surface area contributed by atoms with E-state index in [0.717, 1.165) is 0 Å². The predicted octanol–water partition coefficient (Wildman–Crippen LogP) is 0.589. The van der Waals surface area contributed by atoms with Crippen molar-refractivity contribution in [2.24, 2.45) is 0 Å². The maximum absolute atomic E-state index is 11.3. The number of nitrogens with one attached hydrogen (secondary N) is 1. The van der Waals surface area contributed by atoms with Crippen LogP contribution in [-0.4, -0.2) is 28.1 Å². The summed E-state index contributed by atoms with van der Waals surface area (Å²) in [5.74, 6) is -1.41. The van der Waals surface area contributed by atoms with Crippen molar-refractivity contribution in [1.29, 1.82) is 5.26 Å². The molecule has 2 N–H and O–H groups in total. The van der Waals surface area contributed by atoms with Gasteiger partial charge >= 0.3 is 5.97 Å². The van der Waals surface area contributed by atoms with Gasteiger partial charge in [-0.3, -0.25) is 4.79 Å². The molecule has 0 saturated carbocycles. The van der Waals surface area contributed by atoms with E-state index in [-0.39, 0.29) is 24.6 Å². The summed E-state index contributed by atoms with van der Waals surface area (Å²) >= 11 is 3.14. The largest absolute Gasteiger partial charge is 0.478 e. The lowest BCUT2D eigenvalue weighted by molar-refractivity contribution is -0.121. The number of rotatable bonds is 4. The highest BCUT2D eigenvalue weighted by Gasteiger charge is 2.11. The minimum atomic E-state index is -1.06. The number of amides is 1. The van der Waals surface area contributed by atoms with Crippen molar-refractivity contribution in [3.63, 3.8) is 0 Å². The van der Waals surface area contributed by atoms with Crippen LogP contribution in [0.15, 0.2) is 16.9 Å². The lowest BCUT2D eigenvalue weighted by Crippen LogP contribution is -2.27. The maximum atomic E-state index is 11.3. The summed E-state index contributed by atoms with van der Waals surface area (Å²) in [6.07, 6.45) is 1.35. The molecule has 1 rings (SSSR count). The Balaban J connectivity index is 2.71. The standard InChI is InChI=1S/C9H8BrN3O3/c10-7-3-6(9(15)16)4-13(7)5-8(14)12-2-1-11/h3-4H,2,5H2,(H,12,14)(H,15,16). The Kier molecular flexibility index (Phi) is 4.08. The van der Waals surface area contributed by atoms with Crippen molar-refractivity contribution in [2.75, 3.05) is 6.54 Å². The van der Waals surface area contributed by atoms with Crippen LogP contribution in [0.2, 0.25) is 0 Å². The molecule has 0 aliphatic carbocycles. The van der Waals surface area contributed by atoms with Gasteiger partial charge in [-0.15, -0.1) is 0 Å².